The molecular formula is C17H21N3S. The molecule has 0 aliphatic carbocycles. The Hall–Kier alpha value is -1.67. The number of thiazole rings is 1. The number of aromatic nitrogens is 1. The van der Waals surface area contributed by atoms with Gasteiger partial charge in [0.15, 0.2) is 0 Å². The lowest BCUT2D eigenvalue weighted by Gasteiger charge is -2.10. The van der Waals surface area contributed by atoms with E-state index in [1.165, 1.54) is 11.1 Å². The summed E-state index contributed by atoms with van der Waals surface area (Å²) in [4.78, 5) is 7.57. The molecule has 2 aromatic rings. The quantitative estimate of drug-likeness (QED) is 0.880. The van der Waals surface area contributed by atoms with Gasteiger partial charge in [-0.15, -0.1) is 11.3 Å². The molecule has 0 radical (unpaired) electrons. The summed E-state index contributed by atoms with van der Waals surface area (Å²) in [6.07, 6.45) is 0. The minimum absolute atomic E-state index is 0.361. The van der Waals surface area contributed by atoms with Gasteiger partial charge < -0.3 is 5.32 Å². The second kappa shape index (κ2) is 7.37. The number of benzene rings is 1. The molecule has 0 unspecified atom stereocenters. The van der Waals surface area contributed by atoms with Crippen molar-refractivity contribution in [3.63, 3.8) is 0 Å². The Morgan fingerprint density at radius 3 is 2.62 bits per heavy atom. The van der Waals surface area contributed by atoms with E-state index in [1.807, 2.05) is 31.6 Å². The molecular weight excluding hydrogens is 278 g/mol. The topological polar surface area (TPSA) is 28.2 Å². The van der Waals surface area contributed by atoms with Crippen molar-refractivity contribution in [3.05, 3.63) is 41.0 Å². The van der Waals surface area contributed by atoms with E-state index >= 15 is 0 Å². The molecule has 0 saturated heterocycles. The molecule has 0 aliphatic heterocycles. The maximum atomic E-state index is 4.38. The van der Waals surface area contributed by atoms with Crippen LogP contribution in [-0.2, 0) is 0 Å². The van der Waals surface area contributed by atoms with Crippen LogP contribution in [0.25, 0.3) is 10.4 Å². The Morgan fingerprint density at radius 2 is 2.00 bits per heavy atom. The Labute approximate surface area is 131 Å². The highest BCUT2D eigenvalue weighted by Crippen LogP contribution is 2.28. The van der Waals surface area contributed by atoms with Crippen molar-refractivity contribution in [2.45, 2.75) is 13.0 Å². The first kappa shape index (κ1) is 15.7. The van der Waals surface area contributed by atoms with Gasteiger partial charge in [0.1, 0.15) is 5.69 Å². The molecule has 2 rings (SSSR count). The summed E-state index contributed by atoms with van der Waals surface area (Å²) < 4.78 is 0. The maximum absolute atomic E-state index is 4.38. The van der Waals surface area contributed by atoms with Crippen LogP contribution in [0.1, 0.15) is 24.2 Å². The van der Waals surface area contributed by atoms with Gasteiger partial charge in [-0.2, -0.15) is 0 Å². The third kappa shape index (κ3) is 4.15. The van der Waals surface area contributed by atoms with Gasteiger partial charge in [0.05, 0.1) is 16.9 Å². The summed E-state index contributed by atoms with van der Waals surface area (Å²) in [6.45, 7) is 2.90. The Morgan fingerprint density at radius 1 is 1.29 bits per heavy atom. The van der Waals surface area contributed by atoms with E-state index in [0.29, 0.717) is 6.04 Å². The van der Waals surface area contributed by atoms with E-state index in [9.17, 15) is 0 Å². The van der Waals surface area contributed by atoms with Crippen LogP contribution in [0.3, 0.4) is 0 Å². The Balaban J connectivity index is 2.22. The first-order valence-corrected chi connectivity index (χ1v) is 7.84. The minimum atomic E-state index is 0.361. The van der Waals surface area contributed by atoms with Gasteiger partial charge in [0, 0.05) is 6.04 Å². The van der Waals surface area contributed by atoms with Crippen molar-refractivity contribution < 1.29 is 0 Å². The monoisotopic (exact) mass is 299 g/mol. The summed E-state index contributed by atoms with van der Waals surface area (Å²) in [5, 5.41) is 3.25. The van der Waals surface area contributed by atoms with E-state index in [1.54, 1.807) is 11.3 Å². The lowest BCUT2D eigenvalue weighted by molar-refractivity contribution is 0.464. The molecule has 0 spiro atoms. The lowest BCUT2D eigenvalue weighted by Crippen LogP contribution is -2.11. The molecule has 21 heavy (non-hydrogen) atoms. The average Bonchev–Trinajstić information content (AvgIpc) is 2.94. The highest BCUT2D eigenvalue weighted by atomic mass is 32.1. The summed E-state index contributed by atoms with van der Waals surface area (Å²) in [6, 6.07) is 8.97. The summed E-state index contributed by atoms with van der Waals surface area (Å²) in [5.74, 6) is 6.31. The fourth-order valence-electron chi connectivity index (χ4n) is 1.91. The predicted molar refractivity (Wildman–Crippen MR) is 90.5 cm³/mol. The van der Waals surface area contributed by atoms with Crippen LogP contribution in [0.15, 0.2) is 29.8 Å². The molecule has 110 valence electrons. The van der Waals surface area contributed by atoms with Gasteiger partial charge in [0.25, 0.3) is 0 Å². The zero-order valence-corrected chi connectivity index (χ0v) is 13.8. The van der Waals surface area contributed by atoms with E-state index < -0.39 is 0 Å². The van der Waals surface area contributed by atoms with Crippen molar-refractivity contribution >= 4 is 11.3 Å². The van der Waals surface area contributed by atoms with Crippen LogP contribution < -0.4 is 5.32 Å². The molecule has 1 heterocycles. The molecule has 1 atom stereocenters. The average molecular weight is 299 g/mol. The zero-order valence-electron chi connectivity index (χ0n) is 13.0. The third-order valence-electron chi connectivity index (χ3n) is 3.28. The Kier molecular flexibility index (Phi) is 5.51. The maximum Gasteiger partial charge on any atom is 0.132 e. The largest absolute Gasteiger partial charge is 0.313 e. The molecule has 0 bridgehead atoms. The number of nitrogens with one attached hydrogen (secondary N) is 1. The fourth-order valence-corrected chi connectivity index (χ4v) is 2.66. The van der Waals surface area contributed by atoms with Gasteiger partial charge in [-0.25, -0.2) is 4.98 Å². The second-order valence-corrected chi connectivity index (χ2v) is 6.06. The van der Waals surface area contributed by atoms with Crippen LogP contribution >= 0.6 is 11.3 Å². The van der Waals surface area contributed by atoms with Crippen LogP contribution in [0.2, 0.25) is 0 Å². The van der Waals surface area contributed by atoms with Gasteiger partial charge in [-0.1, -0.05) is 30.2 Å². The molecule has 1 N–H and O–H groups in total. The molecule has 3 nitrogen and oxygen atoms in total. The number of hydrogen-bond donors (Lipinski definition) is 1. The number of hydrogen-bond acceptors (Lipinski definition) is 4. The van der Waals surface area contributed by atoms with Crippen molar-refractivity contribution in [3.8, 4) is 22.3 Å². The summed E-state index contributed by atoms with van der Waals surface area (Å²) in [7, 11) is 6.00. The van der Waals surface area contributed by atoms with Crippen LogP contribution in [0, 0.1) is 11.8 Å². The predicted octanol–water partition coefficient (Wildman–Crippen LogP) is 3.00. The molecule has 0 aliphatic rings. The molecule has 0 saturated carbocycles. The van der Waals surface area contributed by atoms with Crippen molar-refractivity contribution in [1.82, 2.24) is 15.2 Å². The van der Waals surface area contributed by atoms with Gasteiger partial charge in [0.2, 0.25) is 0 Å². The van der Waals surface area contributed by atoms with E-state index in [2.05, 4.69) is 53.3 Å². The van der Waals surface area contributed by atoms with Crippen LogP contribution in [0.4, 0.5) is 0 Å². The number of nitrogens with zero attached hydrogens (tertiary/aromatic N) is 2. The van der Waals surface area contributed by atoms with Crippen molar-refractivity contribution in [2.75, 3.05) is 27.7 Å². The zero-order chi connectivity index (χ0) is 15.2. The van der Waals surface area contributed by atoms with Gasteiger partial charge in [-0.05, 0) is 45.1 Å². The molecule has 1 aromatic carbocycles. The lowest BCUT2D eigenvalue weighted by atomic mass is 10.0. The highest BCUT2D eigenvalue weighted by molar-refractivity contribution is 7.13. The third-order valence-corrected chi connectivity index (χ3v) is 4.15. The first-order chi connectivity index (χ1) is 10.1. The van der Waals surface area contributed by atoms with E-state index in [-0.39, 0.29) is 0 Å². The Bertz CT molecular complexity index is 632. The summed E-state index contributed by atoms with van der Waals surface area (Å²) >= 11 is 1.64. The normalized spacial score (nSPS) is 12.0. The summed E-state index contributed by atoms with van der Waals surface area (Å²) in [5.41, 5.74) is 5.19. The van der Waals surface area contributed by atoms with E-state index in [4.69, 9.17) is 0 Å². The van der Waals surface area contributed by atoms with Crippen molar-refractivity contribution in [1.29, 1.82) is 0 Å². The first-order valence-electron chi connectivity index (χ1n) is 6.96. The van der Waals surface area contributed by atoms with Gasteiger partial charge >= 0.3 is 0 Å². The van der Waals surface area contributed by atoms with Crippen molar-refractivity contribution in [2.24, 2.45) is 0 Å². The van der Waals surface area contributed by atoms with E-state index in [0.717, 1.165) is 17.1 Å². The molecule has 0 amide bonds. The second-order valence-electron chi connectivity index (χ2n) is 5.20. The van der Waals surface area contributed by atoms with Gasteiger partial charge in [-0.3, -0.25) is 4.90 Å². The van der Waals surface area contributed by atoms with Crippen LogP contribution in [-0.4, -0.2) is 37.6 Å². The number of rotatable bonds is 4. The highest BCUT2D eigenvalue weighted by Gasteiger charge is 2.08. The minimum Gasteiger partial charge on any atom is -0.313 e. The smallest absolute Gasteiger partial charge is 0.132 e. The molecule has 0 fully saturated rings. The fraction of sp³-hybridized carbons (Fsp3) is 0.353. The molecule has 1 aromatic heterocycles. The standard InChI is InChI=1S/C17H21N3S/c1-13(18-2)14-7-9-15(10-8-14)17-16(19-12-21-17)6-5-11-20(3)4/h7-10,12-13,18H,11H2,1-4H3/t13-/m0/s1. The van der Waals surface area contributed by atoms with Crippen LogP contribution in [0.5, 0.6) is 0 Å². The SMILES string of the molecule is CN[C@@H](C)c1ccc(-c2scnc2C#CCN(C)C)cc1. The molecule has 4 heteroatoms.